The van der Waals surface area contributed by atoms with Crippen molar-refractivity contribution in [3.8, 4) is 0 Å². The molecule has 92 valence electrons. The molecular formula is C13H17NO3. The first-order valence-corrected chi connectivity index (χ1v) is 5.75. The number of aromatic carboxylic acids is 1. The van der Waals surface area contributed by atoms with Crippen LogP contribution in [0.25, 0.3) is 0 Å². The Labute approximate surface area is 100 Å². The van der Waals surface area contributed by atoms with Crippen LogP contribution in [0.5, 0.6) is 0 Å². The third-order valence-corrected chi connectivity index (χ3v) is 3.35. The van der Waals surface area contributed by atoms with Crippen LogP contribution in [0, 0.1) is 12.3 Å². The van der Waals surface area contributed by atoms with E-state index in [1.807, 2.05) is 13.0 Å². The van der Waals surface area contributed by atoms with Crippen molar-refractivity contribution in [2.75, 3.05) is 18.5 Å². The van der Waals surface area contributed by atoms with Crippen LogP contribution >= 0.6 is 0 Å². The molecule has 4 nitrogen and oxygen atoms in total. The van der Waals surface area contributed by atoms with Gasteiger partial charge in [0.2, 0.25) is 0 Å². The van der Waals surface area contributed by atoms with E-state index >= 15 is 0 Å². The summed E-state index contributed by atoms with van der Waals surface area (Å²) in [6.45, 7) is 2.66. The summed E-state index contributed by atoms with van der Waals surface area (Å²) in [4.78, 5) is 11.1. The maximum absolute atomic E-state index is 11.1. The summed E-state index contributed by atoms with van der Waals surface area (Å²) in [6, 6.07) is 5.32. The SMILES string of the molecule is Cc1ccc(NCC2(CO)CC2)c(C(=O)O)c1. The predicted octanol–water partition coefficient (Wildman–Crippen LogP) is 1.88. The van der Waals surface area contributed by atoms with Crippen LogP contribution in [0.3, 0.4) is 0 Å². The zero-order valence-corrected chi connectivity index (χ0v) is 9.86. The molecule has 3 N–H and O–H groups in total. The number of hydrogen-bond donors (Lipinski definition) is 3. The van der Waals surface area contributed by atoms with Gasteiger partial charge in [-0.2, -0.15) is 0 Å². The first-order valence-electron chi connectivity index (χ1n) is 5.75. The molecule has 0 spiro atoms. The second kappa shape index (κ2) is 4.37. The number of nitrogens with one attached hydrogen (secondary N) is 1. The summed E-state index contributed by atoms with van der Waals surface area (Å²) in [6.07, 6.45) is 2.01. The van der Waals surface area contributed by atoms with E-state index in [1.165, 1.54) is 0 Å². The van der Waals surface area contributed by atoms with Gasteiger partial charge in [0.1, 0.15) is 0 Å². The van der Waals surface area contributed by atoms with Crippen molar-refractivity contribution in [2.24, 2.45) is 5.41 Å². The molecule has 0 aromatic heterocycles. The highest BCUT2D eigenvalue weighted by Gasteiger charge is 2.41. The number of aliphatic hydroxyl groups excluding tert-OH is 1. The molecule has 2 rings (SSSR count). The van der Waals surface area contributed by atoms with E-state index in [-0.39, 0.29) is 12.0 Å². The number of hydrogen-bond acceptors (Lipinski definition) is 3. The molecule has 0 aliphatic heterocycles. The van der Waals surface area contributed by atoms with Crippen LogP contribution in [-0.2, 0) is 0 Å². The molecule has 0 heterocycles. The van der Waals surface area contributed by atoms with Crippen LogP contribution in [0.1, 0.15) is 28.8 Å². The maximum Gasteiger partial charge on any atom is 0.337 e. The fourth-order valence-corrected chi connectivity index (χ4v) is 1.84. The Hall–Kier alpha value is -1.55. The first kappa shape index (κ1) is 11.9. The minimum Gasteiger partial charge on any atom is -0.478 e. The summed E-state index contributed by atoms with van der Waals surface area (Å²) < 4.78 is 0. The Morgan fingerprint density at radius 1 is 1.47 bits per heavy atom. The Kier molecular flexibility index (Phi) is 3.07. The summed E-state index contributed by atoms with van der Waals surface area (Å²) in [5.41, 5.74) is 1.82. The second-order valence-corrected chi connectivity index (χ2v) is 4.87. The summed E-state index contributed by atoms with van der Waals surface area (Å²) in [7, 11) is 0. The van der Waals surface area contributed by atoms with Crippen molar-refractivity contribution < 1.29 is 15.0 Å². The Bertz CT molecular complexity index is 438. The topological polar surface area (TPSA) is 69.6 Å². The zero-order chi connectivity index (χ0) is 12.5. The van der Waals surface area contributed by atoms with E-state index in [4.69, 9.17) is 5.11 Å². The second-order valence-electron chi connectivity index (χ2n) is 4.87. The Balaban J connectivity index is 2.12. The minimum absolute atomic E-state index is 0.0271. The van der Waals surface area contributed by atoms with Crippen LogP contribution in [0.15, 0.2) is 18.2 Å². The molecule has 1 fully saturated rings. The van der Waals surface area contributed by atoms with Gasteiger partial charge in [-0.25, -0.2) is 4.79 Å². The van der Waals surface area contributed by atoms with Gasteiger partial charge in [-0.15, -0.1) is 0 Å². The molecule has 0 radical (unpaired) electrons. The van der Waals surface area contributed by atoms with Gasteiger partial charge in [-0.1, -0.05) is 11.6 Å². The van der Waals surface area contributed by atoms with Gasteiger partial charge in [-0.05, 0) is 31.9 Å². The number of anilines is 1. The zero-order valence-electron chi connectivity index (χ0n) is 9.86. The van der Waals surface area contributed by atoms with Gasteiger partial charge >= 0.3 is 5.97 Å². The van der Waals surface area contributed by atoms with Crippen LogP contribution < -0.4 is 5.32 Å². The summed E-state index contributed by atoms with van der Waals surface area (Å²) in [5, 5.41) is 21.4. The van der Waals surface area contributed by atoms with Gasteiger partial charge in [0, 0.05) is 17.6 Å². The molecular weight excluding hydrogens is 218 g/mol. The van der Waals surface area contributed by atoms with E-state index in [9.17, 15) is 9.90 Å². The molecule has 17 heavy (non-hydrogen) atoms. The highest BCUT2D eigenvalue weighted by molar-refractivity contribution is 5.94. The van der Waals surface area contributed by atoms with E-state index < -0.39 is 5.97 Å². The normalized spacial score (nSPS) is 16.6. The van der Waals surface area contributed by atoms with Gasteiger partial charge in [0.25, 0.3) is 0 Å². The molecule has 1 aromatic carbocycles. The number of aliphatic hydroxyl groups is 1. The Morgan fingerprint density at radius 3 is 2.71 bits per heavy atom. The highest BCUT2D eigenvalue weighted by atomic mass is 16.4. The lowest BCUT2D eigenvalue weighted by Crippen LogP contribution is -2.20. The smallest absolute Gasteiger partial charge is 0.337 e. The standard InChI is InChI=1S/C13H17NO3/c1-9-2-3-11(10(6-9)12(16)17)14-7-13(8-15)4-5-13/h2-3,6,14-15H,4-5,7-8H2,1H3,(H,16,17). The first-order chi connectivity index (χ1) is 8.06. The van der Waals surface area contributed by atoms with E-state index in [2.05, 4.69) is 5.32 Å². The predicted molar refractivity (Wildman–Crippen MR) is 65.4 cm³/mol. The number of rotatable bonds is 5. The lowest BCUT2D eigenvalue weighted by atomic mass is 10.1. The van der Waals surface area contributed by atoms with Gasteiger partial charge in [0.05, 0.1) is 12.2 Å². The average Bonchev–Trinajstić information content (AvgIpc) is 3.08. The van der Waals surface area contributed by atoms with Crippen molar-refractivity contribution in [3.05, 3.63) is 29.3 Å². The number of benzene rings is 1. The van der Waals surface area contributed by atoms with Crippen molar-refractivity contribution in [2.45, 2.75) is 19.8 Å². The van der Waals surface area contributed by atoms with Crippen molar-refractivity contribution in [1.82, 2.24) is 0 Å². The number of aryl methyl sites for hydroxylation is 1. The third kappa shape index (κ3) is 2.58. The highest BCUT2D eigenvalue weighted by Crippen LogP contribution is 2.45. The largest absolute Gasteiger partial charge is 0.478 e. The fourth-order valence-electron chi connectivity index (χ4n) is 1.84. The third-order valence-electron chi connectivity index (χ3n) is 3.35. The lowest BCUT2D eigenvalue weighted by molar-refractivity contribution is 0.0698. The molecule has 1 aliphatic rings. The number of carboxylic acids is 1. The minimum atomic E-state index is -0.926. The molecule has 1 saturated carbocycles. The van der Waals surface area contributed by atoms with Crippen LogP contribution in [0.4, 0.5) is 5.69 Å². The molecule has 4 heteroatoms. The summed E-state index contributed by atoms with van der Waals surface area (Å²) >= 11 is 0. The van der Waals surface area contributed by atoms with Crippen molar-refractivity contribution in [1.29, 1.82) is 0 Å². The fraction of sp³-hybridized carbons (Fsp3) is 0.462. The Morgan fingerprint density at radius 2 is 2.18 bits per heavy atom. The van der Waals surface area contributed by atoms with Crippen molar-refractivity contribution in [3.63, 3.8) is 0 Å². The number of carbonyl (C=O) groups is 1. The number of carboxylic acid groups (broad SMARTS) is 1. The molecule has 0 saturated heterocycles. The van der Waals surface area contributed by atoms with Gasteiger partial charge in [-0.3, -0.25) is 0 Å². The molecule has 0 amide bonds. The monoisotopic (exact) mass is 235 g/mol. The van der Waals surface area contributed by atoms with E-state index in [0.29, 0.717) is 17.8 Å². The van der Waals surface area contributed by atoms with Crippen LogP contribution in [-0.4, -0.2) is 29.3 Å². The van der Waals surface area contributed by atoms with E-state index in [1.54, 1.807) is 12.1 Å². The summed E-state index contributed by atoms with van der Waals surface area (Å²) in [5.74, 6) is -0.926. The van der Waals surface area contributed by atoms with Gasteiger partial charge in [0.15, 0.2) is 0 Å². The van der Waals surface area contributed by atoms with Gasteiger partial charge < -0.3 is 15.5 Å². The lowest BCUT2D eigenvalue weighted by Gasteiger charge is -2.15. The quantitative estimate of drug-likeness (QED) is 0.728. The van der Waals surface area contributed by atoms with E-state index in [0.717, 1.165) is 18.4 Å². The molecule has 0 unspecified atom stereocenters. The molecule has 0 atom stereocenters. The van der Waals surface area contributed by atoms with Crippen molar-refractivity contribution >= 4 is 11.7 Å². The molecule has 0 bridgehead atoms. The molecule has 1 aromatic rings. The molecule has 1 aliphatic carbocycles. The average molecular weight is 235 g/mol. The maximum atomic E-state index is 11.1. The van der Waals surface area contributed by atoms with Crippen LogP contribution in [0.2, 0.25) is 0 Å².